The predicted molar refractivity (Wildman–Crippen MR) is 74.5 cm³/mol. The van der Waals surface area contributed by atoms with Crippen LogP contribution in [0.3, 0.4) is 0 Å². The molecule has 98 valence electrons. The number of nitrogens with zero attached hydrogens (tertiary/aromatic N) is 1. The van der Waals surface area contributed by atoms with E-state index < -0.39 is 5.97 Å². The summed E-state index contributed by atoms with van der Waals surface area (Å²) in [5, 5.41) is 13.2. The highest BCUT2D eigenvalue weighted by atomic mass is 16.4. The first-order valence-electron chi connectivity index (χ1n) is 6.52. The van der Waals surface area contributed by atoms with Gasteiger partial charge < -0.3 is 10.4 Å². The highest BCUT2D eigenvalue weighted by Gasteiger charge is 2.32. The van der Waals surface area contributed by atoms with Gasteiger partial charge in [0.2, 0.25) is 0 Å². The molecule has 0 amide bonds. The lowest BCUT2D eigenvalue weighted by molar-refractivity contribution is 0.0699. The van der Waals surface area contributed by atoms with E-state index >= 15 is 0 Å². The summed E-state index contributed by atoms with van der Waals surface area (Å²) in [5.41, 5.74) is 1.02. The number of carboxylic acid groups (broad SMARTS) is 1. The summed E-state index contributed by atoms with van der Waals surface area (Å²) in [6, 6.07) is 8.95. The lowest BCUT2D eigenvalue weighted by Gasteiger charge is -2.08. The Kier molecular flexibility index (Phi) is 2.85. The van der Waals surface area contributed by atoms with Crippen molar-refractivity contribution < 1.29 is 9.90 Å². The van der Waals surface area contributed by atoms with Crippen LogP contribution in [-0.2, 0) is 0 Å². The van der Waals surface area contributed by atoms with E-state index in [1.54, 1.807) is 12.1 Å². The number of carboxylic acids is 1. The van der Waals surface area contributed by atoms with E-state index in [1.165, 1.54) is 6.42 Å². The summed E-state index contributed by atoms with van der Waals surface area (Å²) < 4.78 is 0. The van der Waals surface area contributed by atoms with E-state index in [0.717, 1.165) is 12.5 Å². The normalized spacial score (nSPS) is 21.3. The lowest BCUT2D eigenvalue weighted by atomic mass is 10.1. The number of pyridine rings is 1. The van der Waals surface area contributed by atoms with Crippen molar-refractivity contribution in [1.29, 1.82) is 0 Å². The summed E-state index contributed by atoms with van der Waals surface area (Å²) in [6.07, 6.45) is 1.24. The summed E-state index contributed by atoms with van der Waals surface area (Å²) >= 11 is 0. The Labute approximate surface area is 111 Å². The molecule has 0 saturated heterocycles. The zero-order valence-electron chi connectivity index (χ0n) is 10.8. The number of hydrogen-bond acceptors (Lipinski definition) is 3. The molecule has 2 N–H and O–H groups in total. The van der Waals surface area contributed by atoms with Crippen LogP contribution in [0.15, 0.2) is 30.3 Å². The molecule has 2 atom stereocenters. The van der Waals surface area contributed by atoms with E-state index in [0.29, 0.717) is 28.2 Å². The topological polar surface area (TPSA) is 62.2 Å². The van der Waals surface area contributed by atoms with E-state index in [9.17, 15) is 9.90 Å². The van der Waals surface area contributed by atoms with Crippen LogP contribution >= 0.6 is 0 Å². The fourth-order valence-electron chi connectivity index (χ4n) is 2.36. The first-order chi connectivity index (χ1) is 9.15. The lowest BCUT2D eigenvalue weighted by Crippen LogP contribution is -2.08. The van der Waals surface area contributed by atoms with Crippen LogP contribution in [0, 0.1) is 11.8 Å². The molecule has 0 spiro atoms. The molecule has 0 radical (unpaired) electrons. The van der Waals surface area contributed by atoms with Crippen LogP contribution in [-0.4, -0.2) is 22.6 Å². The number of aromatic nitrogens is 1. The smallest absolute Gasteiger partial charge is 0.336 e. The first kappa shape index (κ1) is 12.0. The summed E-state index contributed by atoms with van der Waals surface area (Å²) in [6.45, 7) is 3.09. The van der Waals surface area contributed by atoms with Gasteiger partial charge in [-0.15, -0.1) is 0 Å². The molecule has 4 nitrogen and oxygen atoms in total. The van der Waals surface area contributed by atoms with Crippen LogP contribution in [0.1, 0.15) is 23.7 Å². The number of nitrogens with one attached hydrogen (secondary N) is 1. The van der Waals surface area contributed by atoms with Gasteiger partial charge in [-0.1, -0.05) is 25.1 Å². The van der Waals surface area contributed by atoms with Crippen molar-refractivity contribution in [3.63, 3.8) is 0 Å². The molecule has 3 rings (SSSR count). The molecule has 0 bridgehead atoms. The van der Waals surface area contributed by atoms with Gasteiger partial charge >= 0.3 is 5.97 Å². The molecule has 0 aliphatic heterocycles. The van der Waals surface area contributed by atoms with Gasteiger partial charge in [0.15, 0.2) is 0 Å². The van der Waals surface area contributed by atoms with Crippen LogP contribution < -0.4 is 5.32 Å². The molecular weight excluding hydrogens is 240 g/mol. The third kappa shape index (κ3) is 2.38. The molecule has 19 heavy (non-hydrogen) atoms. The van der Waals surface area contributed by atoms with Crippen LogP contribution in [0.25, 0.3) is 10.9 Å². The van der Waals surface area contributed by atoms with Gasteiger partial charge in [0.05, 0.1) is 11.1 Å². The average molecular weight is 256 g/mol. The molecule has 1 aromatic carbocycles. The van der Waals surface area contributed by atoms with Gasteiger partial charge in [0, 0.05) is 11.9 Å². The fourth-order valence-corrected chi connectivity index (χ4v) is 2.36. The zero-order valence-corrected chi connectivity index (χ0v) is 10.8. The Hall–Kier alpha value is -2.10. The number of fused-ring (bicyclic) bond motifs is 1. The van der Waals surface area contributed by atoms with Gasteiger partial charge in [0.25, 0.3) is 0 Å². The minimum absolute atomic E-state index is 0.303. The second-order valence-corrected chi connectivity index (χ2v) is 5.23. The number of para-hydroxylation sites is 1. The maximum Gasteiger partial charge on any atom is 0.336 e. The predicted octanol–water partition coefficient (Wildman–Crippen LogP) is 3.00. The molecule has 2 aromatic rings. The highest BCUT2D eigenvalue weighted by molar-refractivity contribution is 6.03. The van der Waals surface area contributed by atoms with Crippen molar-refractivity contribution >= 4 is 22.7 Å². The zero-order chi connectivity index (χ0) is 13.4. The molecule has 1 heterocycles. The Morgan fingerprint density at radius 3 is 2.89 bits per heavy atom. The van der Waals surface area contributed by atoms with Gasteiger partial charge in [-0.25, -0.2) is 9.78 Å². The van der Waals surface area contributed by atoms with Gasteiger partial charge in [-0.3, -0.25) is 0 Å². The third-order valence-electron chi connectivity index (χ3n) is 3.77. The van der Waals surface area contributed by atoms with E-state index in [4.69, 9.17) is 0 Å². The summed E-state index contributed by atoms with van der Waals surface area (Å²) in [4.78, 5) is 15.8. The van der Waals surface area contributed by atoms with Gasteiger partial charge in [-0.05, 0) is 30.4 Å². The number of rotatable bonds is 4. The van der Waals surface area contributed by atoms with Crippen molar-refractivity contribution in [3.8, 4) is 0 Å². The highest BCUT2D eigenvalue weighted by Crippen LogP contribution is 2.37. The molecule has 1 aromatic heterocycles. The quantitative estimate of drug-likeness (QED) is 0.882. The maximum absolute atomic E-state index is 11.3. The molecule has 4 heteroatoms. The van der Waals surface area contributed by atoms with Crippen LogP contribution in [0.4, 0.5) is 5.82 Å². The summed E-state index contributed by atoms with van der Waals surface area (Å²) in [5.74, 6) is 1.20. The van der Waals surface area contributed by atoms with Crippen molar-refractivity contribution in [1.82, 2.24) is 4.98 Å². The van der Waals surface area contributed by atoms with E-state index in [-0.39, 0.29) is 0 Å². The second kappa shape index (κ2) is 4.53. The number of hydrogen-bond donors (Lipinski definition) is 2. The second-order valence-electron chi connectivity index (χ2n) is 5.23. The Morgan fingerprint density at radius 1 is 1.47 bits per heavy atom. The third-order valence-corrected chi connectivity index (χ3v) is 3.77. The number of anilines is 1. The number of carbonyl (C=O) groups is 1. The largest absolute Gasteiger partial charge is 0.478 e. The van der Waals surface area contributed by atoms with E-state index in [2.05, 4.69) is 17.2 Å². The Balaban J connectivity index is 1.94. The first-order valence-corrected chi connectivity index (χ1v) is 6.52. The minimum Gasteiger partial charge on any atom is -0.478 e. The van der Waals surface area contributed by atoms with Crippen LogP contribution in [0.2, 0.25) is 0 Å². The van der Waals surface area contributed by atoms with Crippen molar-refractivity contribution in [2.75, 3.05) is 11.9 Å². The van der Waals surface area contributed by atoms with Gasteiger partial charge in [0.1, 0.15) is 5.82 Å². The molecule has 1 saturated carbocycles. The van der Waals surface area contributed by atoms with Crippen LogP contribution in [0.5, 0.6) is 0 Å². The number of aromatic carboxylic acids is 1. The molecule has 1 aliphatic rings. The number of benzene rings is 1. The Morgan fingerprint density at radius 2 is 2.21 bits per heavy atom. The van der Waals surface area contributed by atoms with Crippen molar-refractivity contribution in [3.05, 3.63) is 35.9 Å². The molecule has 1 aliphatic carbocycles. The molecule has 1 fully saturated rings. The average Bonchev–Trinajstić information content (AvgIpc) is 3.11. The molecular formula is C15H16N2O2. The monoisotopic (exact) mass is 256 g/mol. The maximum atomic E-state index is 11.3. The molecule has 2 unspecified atom stereocenters. The fraction of sp³-hybridized carbons (Fsp3) is 0.333. The van der Waals surface area contributed by atoms with Crippen molar-refractivity contribution in [2.45, 2.75) is 13.3 Å². The summed E-state index contributed by atoms with van der Waals surface area (Å²) in [7, 11) is 0. The SMILES string of the molecule is CC1CC1CNc1cc(C(=O)O)c2ccccc2n1. The van der Waals surface area contributed by atoms with Gasteiger partial charge in [-0.2, -0.15) is 0 Å². The van der Waals surface area contributed by atoms with Crippen molar-refractivity contribution in [2.24, 2.45) is 11.8 Å². The minimum atomic E-state index is -0.915. The Bertz CT molecular complexity index is 639. The standard InChI is InChI=1S/C15H16N2O2/c1-9-6-10(9)8-16-14-7-12(15(18)19)11-4-2-3-5-13(11)17-14/h2-5,7,9-10H,6,8H2,1H3,(H,16,17)(H,18,19). The van der Waals surface area contributed by atoms with E-state index in [1.807, 2.05) is 18.2 Å².